The van der Waals surface area contributed by atoms with E-state index >= 15 is 0 Å². The lowest BCUT2D eigenvalue weighted by molar-refractivity contribution is 0.0729. The van der Waals surface area contributed by atoms with E-state index in [9.17, 15) is 4.79 Å². The molecule has 2 aromatic carbocycles. The minimum Gasteiger partial charge on any atom is -0.493 e. The maximum Gasteiger partial charge on any atom is 0.343 e. The van der Waals surface area contributed by atoms with Gasteiger partial charge in [-0.15, -0.1) is 10.2 Å². The van der Waals surface area contributed by atoms with Crippen molar-refractivity contribution in [3.8, 4) is 28.7 Å². The van der Waals surface area contributed by atoms with E-state index < -0.39 is 5.97 Å². The predicted molar refractivity (Wildman–Crippen MR) is 107 cm³/mol. The SMILES string of the molecule is COc1cc(/C=N\n2cnnc2)ccc1OC(=O)c1cc(OC)c(OC)c(OC)c1. The lowest BCUT2D eigenvalue weighted by Gasteiger charge is -2.14. The molecule has 0 atom stereocenters. The molecule has 0 aliphatic heterocycles. The monoisotopic (exact) mass is 412 g/mol. The Hall–Kier alpha value is -4.08. The number of carbonyl (C=O) groups is 1. The van der Waals surface area contributed by atoms with Crippen LogP contribution < -0.4 is 23.7 Å². The molecule has 0 aliphatic carbocycles. The van der Waals surface area contributed by atoms with Crippen molar-refractivity contribution in [1.29, 1.82) is 0 Å². The van der Waals surface area contributed by atoms with Crippen molar-refractivity contribution in [3.63, 3.8) is 0 Å². The first-order valence-corrected chi connectivity index (χ1v) is 8.68. The Balaban J connectivity index is 1.84. The molecular weight excluding hydrogens is 392 g/mol. The van der Waals surface area contributed by atoms with Crippen LogP contribution in [0.15, 0.2) is 48.1 Å². The van der Waals surface area contributed by atoms with Crippen molar-refractivity contribution >= 4 is 12.2 Å². The Labute approximate surface area is 172 Å². The highest BCUT2D eigenvalue weighted by Crippen LogP contribution is 2.38. The van der Waals surface area contributed by atoms with Gasteiger partial charge in [0.1, 0.15) is 12.7 Å². The van der Waals surface area contributed by atoms with E-state index in [0.29, 0.717) is 23.0 Å². The molecule has 10 heteroatoms. The molecule has 3 aromatic rings. The van der Waals surface area contributed by atoms with Gasteiger partial charge in [-0.1, -0.05) is 0 Å². The molecule has 0 N–H and O–H groups in total. The summed E-state index contributed by atoms with van der Waals surface area (Å²) in [6.45, 7) is 0. The van der Waals surface area contributed by atoms with E-state index in [1.165, 1.54) is 57.9 Å². The number of benzene rings is 2. The lowest BCUT2D eigenvalue weighted by atomic mass is 10.1. The highest BCUT2D eigenvalue weighted by atomic mass is 16.6. The molecule has 1 aromatic heterocycles. The van der Waals surface area contributed by atoms with Crippen molar-refractivity contribution in [1.82, 2.24) is 14.9 Å². The summed E-state index contributed by atoms with van der Waals surface area (Å²) in [4.78, 5) is 12.7. The molecule has 0 spiro atoms. The summed E-state index contributed by atoms with van der Waals surface area (Å²) in [5.41, 5.74) is 0.956. The van der Waals surface area contributed by atoms with Gasteiger partial charge in [-0.2, -0.15) is 5.10 Å². The minimum absolute atomic E-state index is 0.227. The average Bonchev–Trinajstić information content (AvgIpc) is 3.30. The second-order valence-electron chi connectivity index (χ2n) is 5.80. The Morgan fingerprint density at radius 2 is 1.50 bits per heavy atom. The number of methoxy groups -OCH3 is 4. The zero-order chi connectivity index (χ0) is 21.5. The molecule has 0 saturated heterocycles. The van der Waals surface area contributed by atoms with E-state index in [0.717, 1.165) is 5.56 Å². The summed E-state index contributed by atoms with van der Waals surface area (Å²) in [6, 6.07) is 8.05. The first-order valence-electron chi connectivity index (χ1n) is 8.68. The quantitative estimate of drug-likeness (QED) is 0.315. The molecular formula is C20H20N4O6. The predicted octanol–water partition coefficient (Wildman–Crippen LogP) is 2.41. The highest BCUT2D eigenvalue weighted by molar-refractivity contribution is 5.93. The van der Waals surface area contributed by atoms with Gasteiger partial charge in [0.05, 0.1) is 40.2 Å². The fraction of sp³-hybridized carbons (Fsp3) is 0.200. The fourth-order valence-corrected chi connectivity index (χ4v) is 2.59. The molecule has 0 bridgehead atoms. The second-order valence-corrected chi connectivity index (χ2v) is 5.80. The number of aromatic nitrogens is 3. The van der Waals surface area contributed by atoms with E-state index in [-0.39, 0.29) is 11.3 Å². The summed E-state index contributed by atoms with van der Waals surface area (Å²) < 4.78 is 28.1. The normalized spacial score (nSPS) is 10.7. The zero-order valence-electron chi connectivity index (χ0n) is 16.9. The molecule has 0 aliphatic rings. The molecule has 0 unspecified atom stereocenters. The summed E-state index contributed by atoms with van der Waals surface area (Å²) in [7, 11) is 5.90. The smallest absolute Gasteiger partial charge is 0.343 e. The molecule has 0 fully saturated rings. The minimum atomic E-state index is -0.613. The van der Waals surface area contributed by atoms with Crippen LogP contribution in [0.3, 0.4) is 0 Å². The van der Waals surface area contributed by atoms with E-state index in [2.05, 4.69) is 15.3 Å². The number of carbonyl (C=O) groups excluding carboxylic acids is 1. The van der Waals surface area contributed by atoms with Crippen molar-refractivity contribution in [3.05, 3.63) is 54.1 Å². The Morgan fingerprint density at radius 3 is 2.07 bits per heavy atom. The molecule has 0 radical (unpaired) electrons. The first-order chi connectivity index (χ1) is 14.6. The van der Waals surface area contributed by atoms with Crippen LogP contribution >= 0.6 is 0 Å². The molecule has 0 amide bonds. The van der Waals surface area contributed by atoms with E-state index in [4.69, 9.17) is 23.7 Å². The number of ether oxygens (including phenoxy) is 5. The first kappa shape index (κ1) is 20.6. The maximum absolute atomic E-state index is 12.7. The topological polar surface area (TPSA) is 106 Å². The molecule has 156 valence electrons. The van der Waals surface area contributed by atoms with Crippen molar-refractivity contribution in [2.75, 3.05) is 28.4 Å². The third kappa shape index (κ3) is 4.49. The van der Waals surface area contributed by atoms with Crippen molar-refractivity contribution in [2.24, 2.45) is 5.10 Å². The molecule has 30 heavy (non-hydrogen) atoms. The lowest BCUT2D eigenvalue weighted by Crippen LogP contribution is -2.10. The largest absolute Gasteiger partial charge is 0.493 e. The van der Waals surface area contributed by atoms with Gasteiger partial charge < -0.3 is 23.7 Å². The number of hydrogen-bond acceptors (Lipinski definition) is 9. The summed E-state index contributed by atoms with van der Waals surface area (Å²) in [5.74, 6) is 1.07. The summed E-state index contributed by atoms with van der Waals surface area (Å²) in [6.07, 6.45) is 4.51. The van der Waals surface area contributed by atoms with Crippen LogP contribution in [0.4, 0.5) is 0 Å². The highest BCUT2D eigenvalue weighted by Gasteiger charge is 2.19. The average molecular weight is 412 g/mol. The Bertz CT molecular complexity index is 1020. The molecule has 3 rings (SSSR count). The number of hydrogen-bond donors (Lipinski definition) is 0. The van der Waals surface area contributed by atoms with Crippen LogP contribution in [0.2, 0.25) is 0 Å². The van der Waals surface area contributed by atoms with Crippen LogP contribution in [0.25, 0.3) is 0 Å². The van der Waals surface area contributed by atoms with Gasteiger partial charge in [0.25, 0.3) is 0 Å². The van der Waals surface area contributed by atoms with Gasteiger partial charge >= 0.3 is 5.97 Å². The zero-order valence-corrected chi connectivity index (χ0v) is 16.9. The maximum atomic E-state index is 12.7. The molecule has 10 nitrogen and oxygen atoms in total. The van der Waals surface area contributed by atoms with Crippen LogP contribution in [0, 0.1) is 0 Å². The Morgan fingerprint density at radius 1 is 0.867 bits per heavy atom. The molecule has 1 heterocycles. The van der Waals surface area contributed by atoms with E-state index in [1.807, 2.05) is 0 Å². The number of rotatable bonds is 8. The van der Waals surface area contributed by atoms with Crippen molar-refractivity contribution < 1.29 is 28.5 Å². The fourth-order valence-electron chi connectivity index (χ4n) is 2.59. The van der Waals surface area contributed by atoms with Gasteiger partial charge in [-0.3, -0.25) is 0 Å². The second kappa shape index (κ2) is 9.41. The van der Waals surface area contributed by atoms with Crippen LogP contribution in [-0.4, -0.2) is 55.5 Å². The summed E-state index contributed by atoms with van der Waals surface area (Å²) in [5, 5.41) is 11.5. The van der Waals surface area contributed by atoms with Crippen LogP contribution in [0.5, 0.6) is 28.7 Å². The van der Waals surface area contributed by atoms with Crippen molar-refractivity contribution in [2.45, 2.75) is 0 Å². The number of nitrogens with zero attached hydrogens (tertiary/aromatic N) is 4. The Kier molecular flexibility index (Phi) is 6.48. The van der Waals surface area contributed by atoms with Gasteiger partial charge in [0, 0.05) is 0 Å². The van der Waals surface area contributed by atoms with Crippen LogP contribution in [0.1, 0.15) is 15.9 Å². The van der Waals surface area contributed by atoms with Gasteiger partial charge in [0.15, 0.2) is 23.0 Å². The standard InChI is InChI=1S/C20H20N4O6/c1-26-16-7-13(10-23-24-11-21-22-12-24)5-6-15(16)30-20(25)14-8-17(27-2)19(29-4)18(9-14)28-3/h5-12H,1-4H3/b23-10-. The summed E-state index contributed by atoms with van der Waals surface area (Å²) >= 11 is 0. The van der Waals surface area contributed by atoms with Gasteiger partial charge in [-0.05, 0) is 35.9 Å². The third-order valence-corrected chi connectivity index (χ3v) is 4.04. The number of esters is 1. The van der Waals surface area contributed by atoms with E-state index in [1.54, 1.807) is 24.4 Å². The van der Waals surface area contributed by atoms with Crippen LogP contribution in [-0.2, 0) is 0 Å². The van der Waals surface area contributed by atoms with Gasteiger partial charge in [-0.25, -0.2) is 9.47 Å². The third-order valence-electron chi connectivity index (χ3n) is 4.04. The molecule has 0 saturated carbocycles. The van der Waals surface area contributed by atoms with Gasteiger partial charge in [0.2, 0.25) is 5.75 Å².